The molecule has 0 aliphatic rings. The summed E-state index contributed by atoms with van der Waals surface area (Å²) in [5.41, 5.74) is 4.80. The summed E-state index contributed by atoms with van der Waals surface area (Å²) in [6.07, 6.45) is 3.63. The first-order valence-corrected chi connectivity index (χ1v) is 12.0. The van der Waals surface area contributed by atoms with Gasteiger partial charge in [0.1, 0.15) is 0 Å². The summed E-state index contributed by atoms with van der Waals surface area (Å²) < 4.78 is 29.0. The first-order valence-electron chi connectivity index (χ1n) is 10.6. The minimum atomic E-state index is -0.874. The molecule has 0 atom stereocenters. The van der Waals surface area contributed by atoms with Gasteiger partial charge in [-0.05, 0) is 60.1 Å². The van der Waals surface area contributed by atoms with Crippen molar-refractivity contribution in [3.8, 4) is 0 Å². The zero-order valence-electron chi connectivity index (χ0n) is 18.3. The van der Waals surface area contributed by atoms with Gasteiger partial charge in [-0.3, -0.25) is 4.79 Å². The van der Waals surface area contributed by atoms with Gasteiger partial charge < -0.3 is 4.57 Å². The molecule has 0 saturated heterocycles. The van der Waals surface area contributed by atoms with Crippen LogP contribution in [0.4, 0.5) is 8.78 Å². The zero-order chi connectivity index (χ0) is 22.4. The smallest absolute Gasteiger partial charge is 0.165 e. The molecule has 1 aromatic heterocycles. The van der Waals surface area contributed by atoms with Crippen LogP contribution < -0.4 is 0 Å². The van der Waals surface area contributed by atoms with Gasteiger partial charge in [0.15, 0.2) is 17.4 Å². The minimum absolute atomic E-state index is 0.0469. The molecule has 0 fully saturated rings. The Kier molecular flexibility index (Phi) is 8.08. The molecule has 2 nitrogen and oxygen atoms in total. The van der Waals surface area contributed by atoms with Crippen molar-refractivity contribution < 1.29 is 13.6 Å². The summed E-state index contributed by atoms with van der Waals surface area (Å²) in [5, 5.41) is 0. The van der Waals surface area contributed by atoms with Gasteiger partial charge in [-0.15, -0.1) is 0 Å². The quantitative estimate of drug-likeness (QED) is 0.328. The number of aromatic nitrogens is 1. The fraction of sp³-hybridized carbons (Fsp3) is 0.346. The van der Waals surface area contributed by atoms with Crippen LogP contribution in [-0.2, 0) is 19.4 Å². The maximum absolute atomic E-state index is 13.5. The van der Waals surface area contributed by atoms with E-state index in [0.717, 1.165) is 41.7 Å². The molecule has 0 saturated carbocycles. The van der Waals surface area contributed by atoms with Gasteiger partial charge in [-0.25, -0.2) is 8.78 Å². The lowest BCUT2D eigenvalue weighted by atomic mass is 9.98. The molecular formula is C26H29F2NOS. The summed E-state index contributed by atoms with van der Waals surface area (Å²) >= 11 is 1.79. The highest BCUT2D eigenvalue weighted by atomic mass is 32.2. The Morgan fingerprint density at radius 2 is 1.71 bits per heavy atom. The molecule has 0 aliphatic carbocycles. The number of hydrogen-bond acceptors (Lipinski definition) is 2. The van der Waals surface area contributed by atoms with E-state index >= 15 is 0 Å². The van der Waals surface area contributed by atoms with E-state index in [1.165, 1.54) is 11.6 Å². The number of nitrogens with zero attached hydrogens (tertiary/aromatic N) is 1. The number of aryl methyl sites for hydroxylation is 2. The van der Waals surface area contributed by atoms with Crippen LogP contribution in [0, 0.1) is 11.6 Å². The SMILES string of the molecule is CSCCc1cc(C(=O)CCc2ccc(F)c(F)c2)c(C(C)C)n1Cc1ccccc1. The van der Waals surface area contributed by atoms with Crippen molar-refractivity contribution in [3.63, 3.8) is 0 Å². The molecule has 0 bridgehead atoms. The Morgan fingerprint density at radius 1 is 0.968 bits per heavy atom. The van der Waals surface area contributed by atoms with Gasteiger partial charge in [0, 0.05) is 29.9 Å². The zero-order valence-corrected chi connectivity index (χ0v) is 19.1. The summed E-state index contributed by atoms with van der Waals surface area (Å²) in [6.45, 7) is 4.96. The molecule has 3 rings (SSSR count). The van der Waals surface area contributed by atoms with Crippen LogP contribution in [0.3, 0.4) is 0 Å². The third kappa shape index (κ3) is 5.85. The van der Waals surface area contributed by atoms with Crippen molar-refractivity contribution in [2.75, 3.05) is 12.0 Å². The molecule has 164 valence electrons. The number of thioether (sulfide) groups is 1. The second-order valence-electron chi connectivity index (χ2n) is 8.08. The number of Topliss-reactive ketones (excluding diaryl/α,β-unsaturated/α-hetero) is 1. The minimum Gasteiger partial charge on any atom is -0.343 e. The van der Waals surface area contributed by atoms with Crippen molar-refractivity contribution in [2.24, 2.45) is 0 Å². The van der Waals surface area contributed by atoms with Gasteiger partial charge in [-0.1, -0.05) is 50.2 Å². The Bertz CT molecular complexity index is 1030. The number of hydrogen-bond donors (Lipinski definition) is 0. The maximum atomic E-state index is 13.5. The fourth-order valence-corrected chi connectivity index (χ4v) is 4.33. The van der Waals surface area contributed by atoms with Crippen LogP contribution in [0.2, 0.25) is 0 Å². The summed E-state index contributed by atoms with van der Waals surface area (Å²) in [7, 11) is 0. The van der Waals surface area contributed by atoms with E-state index in [4.69, 9.17) is 0 Å². The van der Waals surface area contributed by atoms with E-state index in [-0.39, 0.29) is 18.1 Å². The summed E-state index contributed by atoms with van der Waals surface area (Å²) in [5.74, 6) is -0.520. The second kappa shape index (κ2) is 10.8. The normalized spacial score (nSPS) is 11.3. The molecule has 1 heterocycles. The lowest BCUT2D eigenvalue weighted by Crippen LogP contribution is -2.12. The van der Waals surface area contributed by atoms with Gasteiger partial charge >= 0.3 is 0 Å². The van der Waals surface area contributed by atoms with Gasteiger partial charge in [0.2, 0.25) is 0 Å². The largest absolute Gasteiger partial charge is 0.343 e. The number of ketones is 1. The molecule has 5 heteroatoms. The van der Waals surface area contributed by atoms with Crippen LogP contribution in [0.25, 0.3) is 0 Å². The molecule has 3 aromatic rings. The summed E-state index contributed by atoms with van der Waals surface area (Å²) in [6, 6.07) is 16.2. The first kappa shape index (κ1) is 23.3. The Morgan fingerprint density at radius 3 is 2.35 bits per heavy atom. The predicted molar refractivity (Wildman–Crippen MR) is 125 cm³/mol. The lowest BCUT2D eigenvalue weighted by Gasteiger charge is -2.17. The predicted octanol–water partition coefficient (Wildman–Crippen LogP) is 6.66. The van der Waals surface area contributed by atoms with Crippen LogP contribution in [0.5, 0.6) is 0 Å². The number of carbonyl (C=O) groups is 1. The standard InChI is InChI=1S/C26H29F2NOS/c1-18(2)26-22(25(30)12-10-19-9-11-23(27)24(28)15-19)16-21(13-14-31-3)29(26)17-20-7-5-4-6-8-20/h4-9,11,15-16,18H,10,12-14,17H2,1-3H3. The van der Waals surface area contributed by atoms with Crippen LogP contribution in [0.1, 0.15) is 59.1 Å². The van der Waals surface area contributed by atoms with E-state index in [0.29, 0.717) is 12.0 Å². The van der Waals surface area contributed by atoms with Gasteiger partial charge in [-0.2, -0.15) is 11.8 Å². The average Bonchev–Trinajstić information content (AvgIpc) is 3.12. The molecule has 0 amide bonds. The van der Waals surface area contributed by atoms with Crippen LogP contribution >= 0.6 is 11.8 Å². The van der Waals surface area contributed by atoms with Crippen molar-refractivity contribution in [1.82, 2.24) is 4.57 Å². The molecular weight excluding hydrogens is 412 g/mol. The Hall–Kier alpha value is -2.40. The third-order valence-electron chi connectivity index (χ3n) is 5.44. The van der Waals surface area contributed by atoms with E-state index < -0.39 is 11.6 Å². The molecule has 2 aromatic carbocycles. The molecule has 31 heavy (non-hydrogen) atoms. The maximum Gasteiger partial charge on any atom is 0.165 e. The number of halogens is 2. The molecule has 0 radical (unpaired) electrons. The van der Waals surface area contributed by atoms with Crippen molar-refractivity contribution in [2.45, 2.75) is 45.6 Å². The van der Waals surface area contributed by atoms with Gasteiger partial charge in [0.25, 0.3) is 0 Å². The molecule has 0 unspecified atom stereocenters. The molecule has 0 aliphatic heterocycles. The second-order valence-corrected chi connectivity index (χ2v) is 9.06. The van der Waals surface area contributed by atoms with E-state index in [1.54, 1.807) is 17.8 Å². The van der Waals surface area contributed by atoms with Crippen molar-refractivity contribution in [3.05, 3.63) is 94.3 Å². The first-order chi connectivity index (χ1) is 14.9. The van der Waals surface area contributed by atoms with Crippen LogP contribution in [0.15, 0.2) is 54.6 Å². The third-order valence-corrected chi connectivity index (χ3v) is 6.05. The van der Waals surface area contributed by atoms with E-state index in [9.17, 15) is 13.6 Å². The fourth-order valence-electron chi connectivity index (χ4n) is 3.92. The lowest BCUT2D eigenvalue weighted by molar-refractivity contribution is 0.0981. The molecule has 0 spiro atoms. The Balaban J connectivity index is 1.90. The highest BCUT2D eigenvalue weighted by Crippen LogP contribution is 2.28. The van der Waals surface area contributed by atoms with E-state index in [1.807, 2.05) is 24.3 Å². The van der Waals surface area contributed by atoms with E-state index in [2.05, 4.69) is 36.8 Å². The highest BCUT2D eigenvalue weighted by molar-refractivity contribution is 7.98. The topological polar surface area (TPSA) is 22.0 Å². The average molecular weight is 442 g/mol. The van der Waals surface area contributed by atoms with Crippen molar-refractivity contribution >= 4 is 17.5 Å². The van der Waals surface area contributed by atoms with Crippen LogP contribution in [-0.4, -0.2) is 22.4 Å². The number of benzene rings is 2. The van der Waals surface area contributed by atoms with Crippen molar-refractivity contribution in [1.29, 1.82) is 0 Å². The monoisotopic (exact) mass is 441 g/mol. The summed E-state index contributed by atoms with van der Waals surface area (Å²) in [4.78, 5) is 13.2. The number of carbonyl (C=O) groups excluding carboxylic acids is 1. The number of rotatable bonds is 10. The highest BCUT2D eigenvalue weighted by Gasteiger charge is 2.22. The van der Waals surface area contributed by atoms with Gasteiger partial charge in [0.05, 0.1) is 0 Å². The Labute approximate surface area is 187 Å². The molecule has 0 N–H and O–H groups in total.